The Bertz CT molecular complexity index is 884. The van der Waals surface area contributed by atoms with Crippen molar-refractivity contribution in [2.24, 2.45) is 5.92 Å². The van der Waals surface area contributed by atoms with E-state index in [9.17, 15) is 18.3 Å². The number of sulfonamides is 1. The number of likely N-dealkylation sites (tertiary alicyclic amines) is 1. The van der Waals surface area contributed by atoms with Crippen molar-refractivity contribution in [3.05, 3.63) is 28.2 Å². The second-order valence-corrected chi connectivity index (χ2v) is 11.8. The first kappa shape index (κ1) is 22.4. The molecule has 0 amide bonds. The number of aromatic nitrogens is 2. The third kappa shape index (κ3) is 5.65. The second-order valence-electron chi connectivity index (χ2n) is 9.78. The molecule has 0 radical (unpaired) electrons. The number of β-amino-alcohol motifs (C(OH)–C–C–N with tert-alkyl or cyclic N) is 1. The Morgan fingerprint density at radius 1 is 1.21 bits per heavy atom. The second kappa shape index (κ2) is 8.09. The van der Waals surface area contributed by atoms with E-state index in [2.05, 4.69) is 30.8 Å². The summed E-state index contributed by atoms with van der Waals surface area (Å²) >= 11 is 0. The SMILES string of the molecule is CC(C)(C)c1ccc(=O)n(CC2CCN(CC3(O)CCN(S(C)(=O)=O)C3)CC2)n1. The number of hydrogen-bond donors (Lipinski definition) is 1. The summed E-state index contributed by atoms with van der Waals surface area (Å²) in [7, 11) is -3.26. The largest absolute Gasteiger partial charge is 0.387 e. The van der Waals surface area contributed by atoms with Gasteiger partial charge in [-0.25, -0.2) is 13.1 Å². The van der Waals surface area contributed by atoms with Gasteiger partial charge < -0.3 is 10.0 Å². The Kier molecular flexibility index (Phi) is 6.25. The standard InChI is InChI=1S/C20H34N4O4S/c1-19(2,3)17-5-6-18(25)24(21-17)13-16-7-10-22(11-8-16)14-20(26)9-12-23(15-20)29(4,27)28/h5-6,16,26H,7-15H2,1-4H3. The Hall–Kier alpha value is -1.29. The molecule has 2 aliphatic rings. The van der Waals surface area contributed by atoms with Gasteiger partial charge in [-0.05, 0) is 44.3 Å². The van der Waals surface area contributed by atoms with Gasteiger partial charge in [0.2, 0.25) is 10.0 Å². The normalized spacial score (nSPS) is 25.6. The molecule has 164 valence electrons. The predicted octanol–water partition coefficient (Wildman–Crippen LogP) is 0.649. The molecule has 8 nitrogen and oxygen atoms in total. The van der Waals surface area contributed by atoms with Gasteiger partial charge in [-0.15, -0.1) is 0 Å². The van der Waals surface area contributed by atoms with E-state index in [-0.39, 0.29) is 17.5 Å². The molecule has 1 unspecified atom stereocenters. The number of nitrogens with zero attached hydrogens (tertiary/aromatic N) is 4. The van der Waals surface area contributed by atoms with E-state index < -0.39 is 15.6 Å². The highest BCUT2D eigenvalue weighted by Gasteiger charge is 2.41. The molecule has 1 atom stereocenters. The Morgan fingerprint density at radius 2 is 1.86 bits per heavy atom. The molecule has 3 rings (SSSR count). The van der Waals surface area contributed by atoms with Crippen molar-refractivity contribution in [2.45, 2.75) is 57.6 Å². The first-order chi connectivity index (χ1) is 13.4. The topological polar surface area (TPSA) is 95.7 Å². The van der Waals surface area contributed by atoms with E-state index >= 15 is 0 Å². The summed E-state index contributed by atoms with van der Waals surface area (Å²) in [4.78, 5) is 14.4. The fraction of sp³-hybridized carbons (Fsp3) is 0.800. The zero-order valence-corrected chi connectivity index (χ0v) is 18.8. The van der Waals surface area contributed by atoms with Gasteiger partial charge in [0.15, 0.2) is 0 Å². The molecular formula is C20H34N4O4S. The maximum Gasteiger partial charge on any atom is 0.266 e. The third-order valence-electron chi connectivity index (χ3n) is 6.06. The van der Waals surface area contributed by atoms with Crippen molar-refractivity contribution in [2.75, 3.05) is 39.0 Å². The molecule has 29 heavy (non-hydrogen) atoms. The molecule has 3 heterocycles. The molecule has 0 saturated carbocycles. The molecular weight excluding hydrogens is 392 g/mol. The van der Waals surface area contributed by atoms with Crippen molar-refractivity contribution < 1.29 is 13.5 Å². The van der Waals surface area contributed by atoms with Crippen molar-refractivity contribution in [1.29, 1.82) is 0 Å². The predicted molar refractivity (Wildman–Crippen MR) is 112 cm³/mol. The molecule has 0 bridgehead atoms. The Labute approximate surface area is 173 Å². The van der Waals surface area contributed by atoms with Crippen LogP contribution in [0.5, 0.6) is 0 Å². The Morgan fingerprint density at radius 3 is 2.41 bits per heavy atom. The first-order valence-corrected chi connectivity index (χ1v) is 12.2. The van der Waals surface area contributed by atoms with E-state index in [0.717, 1.165) is 31.6 Å². The number of rotatable bonds is 5. The fourth-order valence-corrected chi connectivity index (χ4v) is 5.10. The van der Waals surface area contributed by atoms with Crippen LogP contribution in [-0.4, -0.2) is 77.1 Å². The van der Waals surface area contributed by atoms with Crippen LogP contribution >= 0.6 is 0 Å². The van der Waals surface area contributed by atoms with Crippen LogP contribution in [0, 0.1) is 5.92 Å². The number of piperidine rings is 1. The zero-order chi connectivity index (χ0) is 21.4. The van der Waals surface area contributed by atoms with Gasteiger partial charge in [0.25, 0.3) is 5.56 Å². The molecule has 0 aliphatic carbocycles. The molecule has 0 aromatic carbocycles. The maximum atomic E-state index is 12.2. The summed E-state index contributed by atoms with van der Waals surface area (Å²) in [5.41, 5.74) is -0.236. The van der Waals surface area contributed by atoms with Crippen LogP contribution in [-0.2, 0) is 22.0 Å². The number of aliphatic hydroxyl groups is 1. The van der Waals surface area contributed by atoms with E-state index in [1.165, 1.54) is 10.6 Å². The molecule has 1 N–H and O–H groups in total. The maximum absolute atomic E-state index is 12.2. The highest BCUT2D eigenvalue weighted by atomic mass is 32.2. The third-order valence-corrected chi connectivity index (χ3v) is 7.31. The van der Waals surface area contributed by atoms with Gasteiger partial charge in [0, 0.05) is 37.7 Å². The summed E-state index contributed by atoms with van der Waals surface area (Å²) in [6, 6.07) is 3.41. The van der Waals surface area contributed by atoms with Gasteiger partial charge in [0.05, 0.1) is 17.6 Å². The van der Waals surface area contributed by atoms with E-state index in [4.69, 9.17) is 0 Å². The molecule has 2 saturated heterocycles. The van der Waals surface area contributed by atoms with Gasteiger partial charge in [-0.3, -0.25) is 4.79 Å². The Balaban J connectivity index is 1.55. The fourth-order valence-electron chi connectivity index (χ4n) is 4.20. The molecule has 1 aromatic heterocycles. The summed E-state index contributed by atoms with van der Waals surface area (Å²) in [6.07, 6.45) is 3.52. The van der Waals surface area contributed by atoms with Crippen molar-refractivity contribution in [3.8, 4) is 0 Å². The summed E-state index contributed by atoms with van der Waals surface area (Å²) in [5.74, 6) is 0.373. The lowest BCUT2D eigenvalue weighted by molar-refractivity contribution is 0.00581. The average Bonchev–Trinajstić information content (AvgIpc) is 3.00. The quantitative estimate of drug-likeness (QED) is 0.743. The van der Waals surface area contributed by atoms with Gasteiger partial charge in [-0.2, -0.15) is 9.40 Å². The molecule has 2 fully saturated rings. The van der Waals surface area contributed by atoms with Crippen LogP contribution in [0.25, 0.3) is 0 Å². The smallest absolute Gasteiger partial charge is 0.266 e. The minimum Gasteiger partial charge on any atom is -0.387 e. The van der Waals surface area contributed by atoms with Gasteiger partial charge >= 0.3 is 0 Å². The average molecular weight is 427 g/mol. The van der Waals surface area contributed by atoms with Crippen molar-refractivity contribution in [1.82, 2.24) is 19.0 Å². The van der Waals surface area contributed by atoms with Crippen LogP contribution in [0.2, 0.25) is 0 Å². The van der Waals surface area contributed by atoms with Crippen molar-refractivity contribution in [3.63, 3.8) is 0 Å². The minimum atomic E-state index is -3.26. The first-order valence-electron chi connectivity index (χ1n) is 10.3. The lowest BCUT2D eigenvalue weighted by atomic mass is 9.92. The summed E-state index contributed by atoms with van der Waals surface area (Å²) in [6.45, 7) is 9.57. The van der Waals surface area contributed by atoms with Crippen LogP contribution in [0.3, 0.4) is 0 Å². The molecule has 2 aliphatic heterocycles. The highest BCUT2D eigenvalue weighted by Crippen LogP contribution is 2.27. The van der Waals surface area contributed by atoms with Crippen LogP contribution in [0.4, 0.5) is 0 Å². The highest BCUT2D eigenvalue weighted by molar-refractivity contribution is 7.88. The van der Waals surface area contributed by atoms with Crippen LogP contribution in [0.15, 0.2) is 16.9 Å². The molecule has 9 heteroatoms. The van der Waals surface area contributed by atoms with Crippen LogP contribution < -0.4 is 5.56 Å². The lowest BCUT2D eigenvalue weighted by Crippen LogP contribution is -2.48. The zero-order valence-electron chi connectivity index (χ0n) is 18.0. The van der Waals surface area contributed by atoms with E-state index in [0.29, 0.717) is 32.0 Å². The van der Waals surface area contributed by atoms with Gasteiger partial charge in [0.1, 0.15) is 0 Å². The van der Waals surface area contributed by atoms with Crippen molar-refractivity contribution >= 4 is 10.0 Å². The summed E-state index contributed by atoms with van der Waals surface area (Å²) in [5, 5.41) is 15.4. The number of hydrogen-bond acceptors (Lipinski definition) is 6. The minimum absolute atomic E-state index is 0.0680. The lowest BCUT2D eigenvalue weighted by Gasteiger charge is -2.36. The molecule has 0 spiro atoms. The van der Waals surface area contributed by atoms with E-state index in [1.807, 2.05) is 6.07 Å². The van der Waals surface area contributed by atoms with Gasteiger partial charge in [-0.1, -0.05) is 20.8 Å². The monoisotopic (exact) mass is 426 g/mol. The molecule has 1 aromatic rings. The van der Waals surface area contributed by atoms with E-state index in [1.54, 1.807) is 10.7 Å². The van der Waals surface area contributed by atoms with Crippen LogP contribution in [0.1, 0.15) is 45.7 Å². The summed E-state index contributed by atoms with van der Waals surface area (Å²) < 4.78 is 26.4.